The van der Waals surface area contributed by atoms with E-state index in [1.165, 1.54) is 11.3 Å². The molecule has 2 N–H and O–H groups in total. The SMILES string of the molecule is CCCOC(=O)CNC(=O)COc1cccc2[nH]cc(C3CCSC3)c12. The highest BCUT2D eigenvalue weighted by atomic mass is 32.2. The lowest BCUT2D eigenvalue weighted by molar-refractivity contribution is -0.144. The quantitative estimate of drug-likeness (QED) is 0.693. The van der Waals surface area contributed by atoms with Gasteiger partial charge in [-0.15, -0.1) is 0 Å². The Hall–Kier alpha value is -2.15. The zero-order valence-electron chi connectivity index (χ0n) is 14.9. The number of hydrogen-bond acceptors (Lipinski definition) is 5. The van der Waals surface area contributed by atoms with Gasteiger partial charge in [-0.1, -0.05) is 13.0 Å². The van der Waals surface area contributed by atoms with E-state index in [4.69, 9.17) is 9.47 Å². The van der Waals surface area contributed by atoms with Gasteiger partial charge in [0, 0.05) is 22.9 Å². The van der Waals surface area contributed by atoms with Gasteiger partial charge in [-0.05, 0) is 42.2 Å². The molecule has 1 aromatic heterocycles. The van der Waals surface area contributed by atoms with Gasteiger partial charge in [0.15, 0.2) is 6.61 Å². The number of esters is 1. The molecule has 140 valence electrons. The predicted molar refractivity (Wildman–Crippen MR) is 103 cm³/mol. The number of ether oxygens (including phenoxy) is 2. The van der Waals surface area contributed by atoms with Gasteiger partial charge in [0.2, 0.25) is 0 Å². The molecular weight excluding hydrogens is 352 g/mol. The Morgan fingerprint density at radius 1 is 1.38 bits per heavy atom. The maximum absolute atomic E-state index is 12.0. The van der Waals surface area contributed by atoms with E-state index < -0.39 is 5.97 Å². The molecule has 1 unspecified atom stereocenters. The van der Waals surface area contributed by atoms with Gasteiger partial charge in [0.25, 0.3) is 5.91 Å². The lowest BCUT2D eigenvalue weighted by atomic mass is 9.98. The molecule has 1 amide bonds. The van der Waals surface area contributed by atoms with Crippen LogP contribution in [0.1, 0.15) is 31.2 Å². The molecule has 2 heterocycles. The molecule has 0 saturated carbocycles. The van der Waals surface area contributed by atoms with Gasteiger partial charge in [-0.25, -0.2) is 0 Å². The molecule has 1 atom stereocenters. The van der Waals surface area contributed by atoms with Crippen LogP contribution in [0.25, 0.3) is 10.9 Å². The van der Waals surface area contributed by atoms with Crippen molar-refractivity contribution in [3.63, 3.8) is 0 Å². The summed E-state index contributed by atoms with van der Waals surface area (Å²) in [5.41, 5.74) is 2.27. The fourth-order valence-corrected chi connectivity index (χ4v) is 4.28. The molecule has 0 aliphatic carbocycles. The zero-order chi connectivity index (χ0) is 18.4. The number of carbonyl (C=O) groups excluding carboxylic acids is 2. The second kappa shape index (κ2) is 8.98. The number of H-pyrrole nitrogens is 1. The van der Waals surface area contributed by atoms with Gasteiger partial charge in [-0.3, -0.25) is 9.59 Å². The highest BCUT2D eigenvalue weighted by Gasteiger charge is 2.22. The number of aromatic nitrogens is 1. The molecule has 1 aromatic carbocycles. The maximum Gasteiger partial charge on any atom is 0.325 e. The van der Waals surface area contributed by atoms with Crippen LogP contribution in [0.2, 0.25) is 0 Å². The number of rotatable bonds is 8. The third kappa shape index (κ3) is 4.52. The van der Waals surface area contributed by atoms with Crippen LogP contribution in [-0.4, -0.2) is 48.1 Å². The van der Waals surface area contributed by atoms with E-state index in [1.54, 1.807) is 0 Å². The molecule has 7 heteroatoms. The molecule has 3 rings (SSSR count). The summed E-state index contributed by atoms with van der Waals surface area (Å²) < 4.78 is 10.7. The van der Waals surface area contributed by atoms with Gasteiger partial charge < -0.3 is 19.8 Å². The topological polar surface area (TPSA) is 80.4 Å². The number of thioether (sulfide) groups is 1. The normalized spacial score (nSPS) is 16.6. The molecule has 1 aliphatic rings. The fourth-order valence-electron chi connectivity index (χ4n) is 3.03. The van der Waals surface area contributed by atoms with Crippen molar-refractivity contribution < 1.29 is 19.1 Å². The lowest BCUT2D eigenvalue weighted by Gasteiger charge is -2.12. The molecule has 0 radical (unpaired) electrons. The highest BCUT2D eigenvalue weighted by molar-refractivity contribution is 7.99. The average molecular weight is 376 g/mol. The molecule has 26 heavy (non-hydrogen) atoms. The van der Waals surface area contributed by atoms with E-state index in [0.29, 0.717) is 18.3 Å². The Balaban J connectivity index is 1.61. The van der Waals surface area contributed by atoms with Gasteiger partial charge in [0.1, 0.15) is 12.3 Å². The minimum atomic E-state index is -0.436. The van der Waals surface area contributed by atoms with Crippen LogP contribution >= 0.6 is 11.8 Å². The van der Waals surface area contributed by atoms with Gasteiger partial charge in [0.05, 0.1) is 6.61 Å². The first kappa shape index (κ1) is 18.6. The third-order valence-electron chi connectivity index (χ3n) is 4.32. The Kier molecular flexibility index (Phi) is 6.44. The smallest absolute Gasteiger partial charge is 0.325 e. The summed E-state index contributed by atoms with van der Waals surface area (Å²) in [6, 6.07) is 5.80. The summed E-state index contributed by atoms with van der Waals surface area (Å²) in [5, 5.41) is 3.57. The number of nitrogens with one attached hydrogen (secondary N) is 2. The van der Waals surface area contributed by atoms with Crippen LogP contribution in [0.5, 0.6) is 5.75 Å². The van der Waals surface area contributed by atoms with Crippen molar-refractivity contribution in [2.75, 3.05) is 31.3 Å². The van der Waals surface area contributed by atoms with E-state index in [0.717, 1.165) is 29.5 Å². The van der Waals surface area contributed by atoms with Crippen LogP contribution in [0.15, 0.2) is 24.4 Å². The van der Waals surface area contributed by atoms with Crippen molar-refractivity contribution in [1.82, 2.24) is 10.3 Å². The van der Waals surface area contributed by atoms with Crippen LogP contribution in [0.4, 0.5) is 0 Å². The molecule has 1 fully saturated rings. The Labute approximate surface area is 157 Å². The molecule has 1 aliphatic heterocycles. The molecule has 0 spiro atoms. The Morgan fingerprint density at radius 3 is 3.04 bits per heavy atom. The maximum atomic E-state index is 12.0. The minimum absolute atomic E-state index is 0.135. The lowest BCUT2D eigenvalue weighted by Crippen LogP contribution is -2.34. The van der Waals surface area contributed by atoms with Crippen molar-refractivity contribution in [3.05, 3.63) is 30.0 Å². The van der Waals surface area contributed by atoms with Crippen LogP contribution in [0.3, 0.4) is 0 Å². The minimum Gasteiger partial charge on any atom is -0.483 e. The average Bonchev–Trinajstić information content (AvgIpc) is 3.32. The fraction of sp³-hybridized carbons (Fsp3) is 0.474. The van der Waals surface area contributed by atoms with Crippen LogP contribution in [-0.2, 0) is 14.3 Å². The van der Waals surface area contributed by atoms with Crippen molar-refractivity contribution in [1.29, 1.82) is 0 Å². The molecular formula is C19H24N2O4S. The summed E-state index contributed by atoms with van der Waals surface area (Å²) in [6.45, 7) is 2.01. The van der Waals surface area contributed by atoms with Gasteiger partial charge >= 0.3 is 5.97 Å². The number of fused-ring (bicyclic) bond motifs is 1. The van der Waals surface area contributed by atoms with E-state index in [9.17, 15) is 9.59 Å². The summed E-state index contributed by atoms with van der Waals surface area (Å²) in [5.74, 6) is 2.72. The van der Waals surface area contributed by atoms with E-state index >= 15 is 0 Å². The van der Waals surface area contributed by atoms with E-state index in [-0.39, 0.29) is 19.1 Å². The first-order chi connectivity index (χ1) is 12.7. The summed E-state index contributed by atoms with van der Waals surface area (Å²) >= 11 is 1.97. The largest absolute Gasteiger partial charge is 0.483 e. The molecule has 2 aromatic rings. The number of benzene rings is 1. The van der Waals surface area contributed by atoms with Crippen molar-refractivity contribution in [2.24, 2.45) is 0 Å². The van der Waals surface area contributed by atoms with Crippen molar-refractivity contribution >= 4 is 34.5 Å². The summed E-state index contributed by atoms with van der Waals surface area (Å²) in [7, 11) is 0. The second-order valence-electron chi connectivity index (χ2n) is 6.27. The monoisotopic (exact) mass is 376 g/mol. The predicted octanol–water partition coefficient (Wildman–Crippen LogP) is 2.84. The first-order valence-electron chi connectivity index (χ1n) is 8.92. The third-order valence-corrected chi connectivity index (χ3v) is 5.49. The summed E-state index contributed by atoms with van der Waals surface area (Å²) in [6.07, 6.45) is 3.97. The van der Waals surface area contributed by atoms with Crippen LogP contribution < -0.4 is 10.1 Å². The summed E-state index contributed by atoms with van der Waals surface area (Å²) in [4.78, 5) is 26.7. The van der Waals surface area contributed by atoms with Crippen molar-refractivity contribution in [2.45, 2.75) is 25.7 Å². The number of aromatic amines is 1. The highest BCUT2D eigenvalue weighted by Crippen LogP contribution is 2.39. The zero-order valence-corrected chi connectivity index (χ0v) is 15.7. The standard InChI is InChI=1S/C19H24N2O4S/c1-2-7-24-18(23)10-21-17(22)11-25-16-5-3-4-15-19(16)14(9-20-15)13-6-8-26-12-13/h3-5,9,13,20H,2,6-8,10-12H2,1H3,(H,21,22). The number of amides is 1. The number of carbonyl (C=O) groups is 2. The van der Waals surface area contributed by atoms with E-state index in [1.807, 2.05) is 36.9 Å². The Bertz CT molecular complexity index is 768. The molecule has 6 nitrogen and oxygen atoms in total. The Morgan fingerprint density at radius 2 is 2.27 bits per heavy atom. The number of hydrogen-bond donors (Lipinski definition) is 2. The second-order valence-corrected chi connectivity index (χ2v) is 7.42. The van der Waals surface area contributed by atoms with Crippen molar-refractivity contribution in [3.8, 4) is 5.75 Å². The van der Waals surface area contributed by atoms with Gasteiger partial charge in [-0.2, -0.15) is 11.8 Å². The van der Waals surface area contributed by atoms with E-state index in [2.05, 4.69) is 16.5 Å². The first-order valence-corrected chi connectivity index (χ1v) is 10.1. The van der Waals surface area contributed by atoms with Crippen LogP contribution in [0, 0.1) is 0 Å². The molecule has 0 bridgehead atoms. The molecule has 1 saturated heterocycles.